The number of benzene rings is 1. The molecule has 1 spiro atoms. The second-order valence-corrected chi connectivity index (χ2v) is 6.64. The Labute approximate surface area is 140 Å². The summed E-state index contributed by atoms with van der Waals surface area (Å²) in [5.74, 6) is 0.279. The van der Waals surface area contributed by atoms with Gasteiger partial charge in [0.1, 0.15) is 0 Å². The molecule has 1 N–H and O–H groups in total. The Morgan fingerprint density at radius 2 is 2.09 bits per heavy atom. The van der Waals surface area contributed by atoms with Gasteiger partial charge < -0.3 is 10.2 Å². The molecule has 1 amide bonds. The summed E-state index contributed by atoms with van der Waals surface area (Å²) in [5, 5.41) is 14.5. The number of nitro benzene ring substituents is 1. The van der Waals surface area contributed by atoms with Crippen LogP contribution in [0.2, 0.25) is 0 Å². The fourth-order valence-electron chi connectivity index (χ4n) is 4.18. The van der Waals surface area contributed by atoms with Crippen LogP contribution < -0.4 is 10.2 Å². The summed E-state index contributed by atoms with van der Waals surface area (Å²) in [6, 6.07) is 5.04. The molecule has 23 heavy (non-hydrogen) atoms. The van der Waals surface area contributed by atoms with Crippen molar-refractivity contribution >= 4 is 29.7 Å². The molecule has 2 fully saturated rings. The largest absolute Gasteiger partial charge is 0.317 e. The van der Waals surface area contributed by atoms with E-state index in [0.717, 1.165) is 38.0 Å². The van der Waals surface area contributed by atoms with E-state index in [4.69, 9.17) is 0 Å². The maximum Gasteiger partial charge on any atom is 0.274 e. The van der Waals surface area contributed by atoms with Crippen LogP contribution >= 0.6 is 12.4 Å². The Hall–Kier alpha value is -1.66. The Morgan fingerprint density at radius 3 is 2.78 bits per heavy atom. The van der Waals surface area contributed by atoms with Crippen molar-refractivity contribution < 1.29 is 9.72 Å². The van der Waals surface area contributed by atoms with Crippen molar-refractivity contribution in [3.63, 3.8) is 0 Å². The van der Waals surface area contributed by atoms with Crippen LogP contribution in [0, 0.1) is 21.4 Å². The van der Waals surface area contributed by atoms with E-state index in [9.17, 15) is 14.9 Å². The third-order valence-corrected chi connectivity index (χ3v) is 5.55. The average molecular weight is 338 g/mol. The summed E-state index contributed by atoms with van der Waals surface area (Å²) in [5.41, 5.74) is 1.79. The first-order chi connectivity index (χ1) is 10.6. The fraction of sp³-hybridized carbons (Fsp3) is 0.562. The molecular weight excluding hydrogens is 318 g/mol. The van der Waals surface area contributed by atoms with E-state index in [1.807, 2.05) is 6.07 Å². The molecule has 0 bridgehead atoms. The Bertz CT molecular complexity index is 658. The molecule has 1 saturated heterocycles. The van der Waals surface area contributed by atoms with E-state index in [-0.39, 0.29) is 40.3 Å². The second-order valence-electron chi connectivity index (χ2n) is 6.64. The lowest BCUT2D eigenvalue weighted by atomic mass is 9.91. The van der Waals surface area contributed by atoms with Crippen molar-refractivity contribution in [3.05, 3.63) is 33.9 Å². The summed E-state index contributed by atoms with van der Waals surface area (Å²) >= 11 is 0. The molecule has 2 heterocycles. The number of piperidine rings is 1. The summed E-state index contributed by atoms with van der Waals surface area (Å²) in [4.78, 5) is 25.4. The van der Waals surface area contributed by atoms with Crippen molar-refractivity contribution in [1.82, 2.24) is 5.32 Å². The molecule has 1 aliphatic carbocycles. The molecule has 7 heteroatoms. The predicted octanol–water partition coefficient (Wildman–Crippen LogP) is 2.30. The van der Waals surface area contributed by atoms with Gasteiger partial charge in [0.15, 0.2) is 0 Å². The first kappa shape index (κ1) is 16.2. The van der Waals surface area contributed by atoms with Gasteiger partial charge in [0.2, 0.25) is 5.91 Å². The van der Waals surface area contributed by atoms with Gasteiger partial charge in [-0.2, -0.15) is 0 Å². The Kier molecular flexibility index (Phi) is 4.06. The van der Waals surface area contributed by atoms with Crippen LogP contribution in [0.1, 0.15) is 24.8 Å². The molecular formula is C16H20ClN3O3. The summed E-state index contributed by atoms with van der Waals surface area (Å²) in [7, 11) is 0. The maximum absolute atomic E-state index is 12.9. The molecule has 0 aromatic heterocycles. The number of hydrogen-bond donors (Lipinski definition) is 1. The van der Waals surface area contributed by atoms with Crippen molar-refractivity contribution in [3.8, 4) is 0 Å². The molecule has 4 rings (SSSR count). The van der Waals surface area contributed by atoms with Crippen LogP contribution in [-0.2, 0) is 11.2 Å². The van der Waals surface area contributed by atoms with Gasteiger partial charge in [-0.1, -0.05) is 6.07 Å². The summed E-state index contributed by atoms with van der Waals surface area (Å²) < 4.78 is 0. The first-order valence-electron chi connectivity index (χ1n) is 7.91. The Morgan fingerprint density at radius 1 is 1.35 bits per heavy atom. The van der Waals surface area contributed by atoms with Crippen LogP contribution in [0.25, 0.3) is 0 Å². The van der Waals surface area contributed by atoms with Gasteiger partial charge in [-0.3, -0.25) is 14.9 Å². The number of amides is 1. The minimum Gasteiger partial charge on any atom is -0.317 e. The molecule has 1 aromatic rings. The zero-order valence-electron chi connectivity index (χ0n) is 12.8. The second kappa shape index (κ2) is 5.76. The normalized spacial score (nSPS) is 24.0. The van der Waals surface area contributed by atoms with E-state index in [1.54, 1.807) is 11.0 Å². The molecule has 2 aliphatic heterocycles. The number of rotatable bonds is 2. The number of halogens is 1. The van der Waals surface area contributed by atoms with Gasteiger partial charge in [0.25, 0.3) is 5.69 Å². The lowest BCUT2D eigenvalue weighted by molar-refractivity contribution is -0.385. The number of carbonyl (C=O) groups is 1. The number of nitro groups is 1. The molecule has 124 valence electrons. The molecule has 1 saturated carbocycles. The van der Waals surface area contributed by atoms with Gasteiger partial charge in [0, 0.05) is 18.5 Å². The molecule has 6 nitrogen and oxygen atoms in total. The van der Waals surface area contributed by atoms with Crippen molar-refractivity contribution in [2.45, 2.75) is 25.7 Å². The van der Waals surface area contributed by atoms with Crippen LogP contribution in [0.5, 0.6) is 0 Å². The van der Waals surface area contributed by atoms with Gasteiger partial charge in [-0.05, 0) is 50.3 Å². The molecule has 1 atom stereocenters. The highest BCUT2D eigenvalue weighted by Gasteiger charge is 2.59. The fourth-order valence-corrected chi connectivity index (χ4v) is 4.18. The zero-order chi connectivity index (χ0) is 15.3. The van der Waals surface area contributed by atoms with Crippen LogP contribution in [0.15, 0.2) is 18.2 Å². The first-order valence-corrected chi connectivity index (χ1v) is 7.91. The van der Waals surface area contributed by atoms with Crippen LogP contribution in [0.4, 0.5) is 11.4 Å². The number of nitrogens with one attached hydrogen (secondary N) is 1. The zero-order valence-corrected chi connectivity index (χ0v) is 13.6. The quantitative estimate of drug-likeness (QED) is 0.663. The number of fused-ring (bicyclic) bond motifs is 1. The molecule has 1 aromatic carbocycles. The number of hydrogen-bond acceptors (Lipinski definition) is 4. The number of anilines is 1. The number of nitrogens with zero attached hydrogens (tertiary/aromatic N) is 2. The van der Waals surface area contributed by atoms with E-state index in [1.165, 1.54) is 6.07 Å². The smallest absolute Gasteiger partial charge is 0.274 e. The molecule has 1 unspecified atom stereocenters. The average Bonchev–Trinajstić information content (AvgIpc) is 3.03. The third-order valence-electron chi connectivity index (χ3n) is 5.55. The van der Waals surface area contributed by atoms with Gasteiger partial charge in [-0.25, -0.2) is 0 Å². The Balaban J connectivity index is 0.00000156. The highest BCUT2D eigenvalue weighted by molar-refractivity contribution is 5.99. The van der Waals surface area contributed by atoms with E-state index in [2.05, 4.69) is 5.32 Å². The monoisotopic (exact) mass is 337 g/mol. The van der Waals surface area contributed by atoms with Crippen molar-refractivity contribution in [1.29, 1.82) is 0 Å². The predicted molar refractivity (Wildman–Crippen MR) is 89.0 cm³/mol. The lowest BCUT2D eigenvalue weighted by Gasteiger charge is -2.25. The third kappa shape index (κ3) is 2.50. The SMILES string of the molecule is Cl.O=C(C1CC12CCNCC2)N1CCc2c1cccc2[N+](=O)[O-]. The van der Waals surface area contributed by atoms with E-state index in [0.29, 0.717) is 18.5 Å². The van der Waals surface area contributed by atoms with Gasteiger partial charge in [-0.15, -0.1) is 12.4 Å². The van der Waals surface area contributed by atoms with E-state index >= 15 is 0 Å². The summed E-state index contributed by atoms with van der Waals surface area (Å²) in [6.45, 7) is 2.56. The highest BCUT2D eigenvalue weighted by atomic mass is 35.5. The minimum absolute atomic E-state index is 0. The highest BCUT2D eigenvalue weighted by Crippen LogP contribution is 2.59. The minimum atomic E-state index is -0.349. The van der Waals surface area contributed by atoms with Crippen LogP contribution in [-0.4, -0.2) is 30.5 Å². The molecule has 0 radical (unpaired) electrons. The van der Waals surface area contributed by atoms with Crippen molar-refractivity contribution in [2.75, 3.05) is 24.5 Å². The van der Waals surface area contributed by atoms with Gasteiger partial charge in [0.05, 0.1) is 16.2 Å². The summed E-state index contributed by atoms with van der Waals surface area (Å²) in [6.07, 6.45) is 3.70. The number of carbonyl (C=O) groups excluding carboxylic acids is 1. The standard InChI is InChI=1S/C16H19N3O3.ClH/c20-15(12-10-16(12)5-7-17-8-6-16)18-9-4-11-13(18)2-1-3-14(11)19(21)22;/h1-3,12,17H,4-10H2;1H. The van der Waals surface area contributed by atoms with Crippen LogP contribution in [0.3, 0.4) is 0 Å². The van der Waals surface area contributed by atoms with Gasteiger partial charge >= 0.3 is 0 Å². The van der Waals surface area contributed by atoms with Crippen molar-refractivity contribution in [2.24, 2.45) is 11.3 Å². The topological polar surface area (TPSA) is 75.5 Å². The molecule has 3 aliphatic rings. The van der Waals surface area contributed by atoms with E-state index < -0.39 is 0 Å². The maximum atomic E-state index is 12.9. The lowest BCUT2D eigenvalue weighted by Crippen LogP contribution is -2.35.